The number of aliphatic imine (C=N–C) groups is 1. The number of rotatable bonds is 5. The molecule has 0 atom stereocenters. The summed E-state index contributed by atoms with van der Waals surface area (Å²) in [5, 5.41) is 3.34. The van der Waals surface area contributed by atoms with Gasteiger partial charge in [0.1, 0.15) is 0 Å². The number of hydrogen-bond donors (Lipinski definition) is 1. The van der Waals surface area contributed by atoms with Gasteiger partial charge in [-0.1, -0.05) is 13.3 Å². The summed E-state index contributed by atoms with van der Waals surface area (Å²) in [6.07, 6.45) is 3.79. The molecule has 6 heteroatoms. The van der Waals surface area contributed by atoms with E-state index in [-0.39, 0.29) is 5.91 Å². The lowest BCUT2D eigenvalue weighted by atomic mass is 10.3. The van der Waals surface area contributed by atoms with Gasteiger partial charge in [0.05, 0.1) is 6.26 Å². The highest BCUT2D eigenvalue weighted by Gasteiger charge is 2.24. The number of furan rings is 1. The van der Waals surface area contributed by atoms with Gasteiger partial charge < -0.3 is 19.5 Å². The topological polar surface area (TPSA) is 61.1 Å². The first-order valence-corrected chi connectivity index (χ1v) is 8.12. The second kappa shape index (κ2) is 8.46. The van der Waals surface area contributed by atoms with Crippen molar-refractivity contribution in [3.63, 3.8) is 0 Å². The van der Waals surface area contributed by atoms with Crippen LogP contribution in [-0.4, -0.2) is 60.9 Å². The molecule has 2 heterocycles. The monoisotopic (exact) mass is 306 g/mol. The molecule has 6 nitrogen and oxygen atoms in total. The number of hydrogen-bond acceptors (Lipinski definition) is 3. The van der Waals surface area contributed by atoms with Crippen molar-refractivity contribution in [3.8, 4) is 0 Å². The molecule has 22 heavy (non-hydrogen) atoms. The van der Waals surface area contributed by atoms with Crippen LogP contribution in [0.1, 0.15) is 37.2 Å². The van der Waals surface area contributed by atoms with Gasteiger partial charge >= 0.3 is 0 Å². The van der Waals surface area contributed by atoms with E-state index in [1.54, 1.807) is 12.1 Å². The molecule has 0 spiro atoms. The van der Waals surface area contributed by atoms with Crippen LogP contribution in [0.15, 0.2) is 27.8 Å². The Balaban J connectivity index is 1.89. The van der Waals surface area contributed by atoms with E-state index in [1.165, 1.54) is 6.26 Å². The smallest absolute Gasteiger partial charge is 0.289 e. The fourth-order valence-corrected chi connectivity index (χ4v) is 2.45. The first-order chi connectivity index (χ1) is 10.8. The van der Waals surface area contributed by atoms with Crippen LogP contribution in [0, 0.1) is 0 Å². The summed E-state index contributed by atoms with van der Waals surface area (Å²) in [6, 6.07) is 3.46. The van der Waals surface area contributed by atoms with Gasteiger partial charge in [-0.3, -0.25) is 9.79 Å². The Hall–Kier alpha value is -1.98. The molecular formula is C16H26N4O2. The Morgan fingerprint density at radius 3 is 2.59 bits per heavy atom. The fraction of sp³-hybridized carbons (Fsp3) is 0.625. The molecule has 0 aromatic carbocycles. The van der Waals surface area contributed by atoms with Crippen LogP contribution in [0.25, 0.3) is 0 Å². The molecule has 1 N–H and O–H groups in total. The zero-order chi connectivity index (χ0) is 15.8. The fourth-order valence-electron chi connectivity index (χ4n) is 2.45. The minimum absolute atomic E-state index is 0.0300. The highest BCUT2D eigenvalue weighted by Crippen LogP contribution is 2.09. The molecule has 122 valence electrons. The summed E-state index contributed by atoms with van der Waals surface area (Å²) >= 11 is 0. The molecule has 0 aliphatic carbocycles. The van der Waals surface area contributed by atoms with Crippen molar-refractivity contribution >= 4 is 11.9 Å². The van der Waals surface area contributed by atoms with E-state index >= 15 is 0 Å². The largest absolute Gasteiger partial charge is 0.459 e. The van der Waals surface area contributed by atoms with Gasteiger partial charge in [0.25, 0.3) is 5.91 Å². The lowest BCUT2D eigenvalue weighted by Crippen LogP contribution is -2.53. The molecule has 1 fully saturated rings. The number of amides is 1. The molecule has 0 bridgehead atoms. The van der Waals surface area contributed by atoms with Gasteiger partial charge in [-0.05, 0) is 25.5 Å². The van der Waals surface area contributed by atoms with E-state index in [2.05, 4.69) is 29.1 Å². The second-order valence-electron chi connectivity index (χ2n) is 5.35. The minimum atomic E-state index is -0.0300. The van der Waals surface area contributed by atoms with Crippen molar-refractivity contribution in [3.05, 3.63) is 24.2 Å². The Morgan fingerprint density at radius 1 is 1.27 bits per heavy atom. The molecule has 0 saturated carbocycles. The van der Waals surface area contributed by atoms with Crippen LogP contribution in [-0.2, 0) is 0 Å². The quantitative estimate of drug-likeness (QED) is 0.512. The number of nitrogens with zero attached hydrogens (tertiary/aromatic N) is 3. The number of carbonyl (C=O) groups is 1. The molecule has 1 amide bonds. The summed E-state index contributed by atoms with van der Waals surface area (Å²) < 4.78 is 5.19. The average molecular weight is 306 g/mol. The summed E-state index contributed by atoms with van der Waals surface area (Å²) in [4.78, 5) is 21.0. The van der Waals surface area contributed by atoms with E-state index in [0.29, 0.717) is 18.8 Å². The van der Waals surface area contributed by atoms with Crippen LogP contribution in [0.2, 0.25) is 0 Å². The van der Waals surface area contributed by atoms with E-state index < -0.39 is 0 Å². The van der Waals surface area contributed by atoms with Crippen molar-refractivity contribution in [1.82, 2.24) is 15.1 Å². The average Bonchev–Trinajstić information content (AvgIpc) is 3.08. The number of unbranched alkanes of at least 4 members (excludes halogenated alkanes) is 1. The Labute approximate surface area is 132 Å². The van der Waals surface area contributed by atoms with Crippen molar-refractivity contribution < 1.29 is 9.21 Å². The van der Waals surface area contributed by atoms with E-state index in [0.717, 1.165) is 45.0 Å². The van der Waals surface area contributed by atoms with Crippen LogP contribution in [0.4, 0.5) is 0 Å². The third-order valence-electron chi connectivity index (χ3n) is 3.71. The van der Waals surface area contributed by atoms with Crippen molar-refractivity contribution in [2.24, 2.45) is 4.99 Å². The van der Waals surface area contributed by atoms with Crippen LogP contribution in [0.3, 0.4) is 0 Å². The Kier molecular flexibility index (Phi) is 6.30. The normalized spacial score (nSPS) is 16.0. The van der Waals surface area contributed by atoms with Gasteiger partial charge in [-0.2, -0.15) is 0 Å². The molecule has 2 rings (SSSR count). The minimum Gasteiger partial charge on any atom is -0.459 e. The van der Waals surface area contributed by atoms with E-state index in [9.17, 15) is 4.79 Å². The van der Waals surface area contributed by atoms with Gasteiger partial charge in [0, 0.05) is 39.3 Å². The van der Waals surface area contributed by atoms with Crippen LogP contribution < -0.4 is 5.32 Å². The number of carbonyl (C=O) groups excluding carboxylic acids is 1. The molecule has 1 aliphatic rings. The van der Waals surface area contributed by atoms with E-state index in [4.69, 9.17) is 4.42 Å². The first-order valence-electron chi connectivity index (χ1n) is 8.12. The number of nitrogens with one attached hydrogen (secondary N) is 1. The third-order valence-corrected chi connectivity index (χ3v) is 3.71. The third kappa shape index (κ3) is 4.26. The lowest BCUT2D eigenvalue weighted by molar-refractivity contribution is 0.0657. The molecular weight excluding hydrogens is 280 g/mol. The molecule has 1 aliphatic heterocycles. The molecule has 0 unspecified atom stereocenters. The maximum absolute atomic E-state index is 12.2. The van der Waals surface area contributed by atoms with Crippen molar-refractivity contribution in [2.75, 3.05) is 39.3 Å². The molecule has 1 aromatic heterocycles. The van der Waals surface area contributed by atoms with Crippen LogP contribution in [0.5, 0.6) is 0 Å². The Bertz CT molecular complexity index is 476. The maximum atomic E-state index is 12.2. The zero-order valence-electron chi connectivity index (χ0n) is 13.5. The summed E-state index contributed by atoms with van der Waals surface area (Å²) in [5.41, 5.74) is 0. The summed E-state index contributed by atoms with van der Waals surface area (Å²) in [5.74, 6) is 1.34. The molecule has 1 saturated heterocycles. The van der Waals surface area contributed by atoms with Crippen molar-refractivity contribution in [1.29, 1.82) is 0 Å². The predicted molar refractivity (Wildman–Crippen MR) is 87.1 cm³/mol. The molecule has 1 aromatic rings. The standard InChI is InChI=1S/C16H26N4O2/c1-3-5-8-18-16(17-4-2)20-11-9-19(10-12-20)15(21)14-7-6-13-22-14/h6-7,13H,3-5,8-12H2,1-2H3,(H,17,18). The lowest BCUT2D eigenvalue weighted by Gasteiger charge is -2.36. The number of guanidine groups is 1. The van der Waals surface area contributed by atoms with Gasteiger partial charge in [-0.25, -0.2) is 0 Å². The van der Waals surface area contributed by atoms with Gasteiger partial charge in [-0.15, -0.1) is 0 Å². The first kappa shape index (κ1) is 16.4. The van der Waals surface area contributed by atoms with E-state index in [1.807, 2.05) is 4.90 Å². The van der Waals surface area contributed by atoms with Gasteiger partial charge in [0.2, 0.25) is 0 Å². The predicted octanol–water partition coefficient (Wildman–Crippen LogP) is 1.80. The summed E-state index contributed by atoms with van der Waals surface area (Å²) in [6.45, 7) is 8.93. The highest BCUT2D eigenvalue weighted by molar-refractivity contribution is 5.91. The maximum Gasteiger partial charge on any atom is 0.289 e. The van der Waals surface area contributed by atoms with Gasteiger partial charge in [0.15, 0.2) is 11.7 Å². The van der Waals surface area contributed by atoms with Crippen molar-refractivity contribution in [2.45, 2.75) is 26.7 Å². The number of piperazine rings is 1. The Morgan fingerprint density at radius 2 is 2.00 bits per heavy atom. The SMILES string of the molecule is CCCCN=C(NCC)N1CCN(C(=O)c2ccco2)CC1. The highest BCUT2D eigenvalue weighted by atomic mass is 16.3. The molecule has 0 radical (unpaired) electrons. The zero-order valence-corrected chi connectivity index (χ0v) is 13.5. The summed E-state index contributed by atoms with van der Waals surface area (Å²) in [7, 11) is 0. The second-order valence-corrected chi connectivity index (χ2v) is 5.35. The van der Waals surface area contributed by atoms with Crippen LogP contribution >= 0.6 is 0 Å².